The van der Waals surface area contributed by atoms with E-state index in [1.807, 2.05) is 0 Å². The van der Waals surface area contributed by atoms with Crippen LogP contribution in [0.2, 0.25) is 0 Å². The van der Waals surface area contributed by atoms with Gasteiger partial charge in [0.25, 0.3) is 0 Å². The van der Waals surface area contributed by atoms with E-state index in [0.717, 1.165) is 0 Å². The largest absolute Gasteiger partial charge is 0.332 e. The van der Waals surface area contributed by atoms with Crippen LogP contribution in [-0.4, -0.2) is 40.6 Å². The minimum absolute atomic E-state index is 0.200. The highest BCUT2D eigenvalue weighted by Gasteiger charge is 2.43. The molecule has 0 aromatic heterocycles. The van der Waals surface area contributed by atoms with Crippen molar-refractivity contribution in [3.8, 4) is 0 Å². The molecule has 0 saturated carbocycles. The Morgan fingerprint density at radius 2 is 1.13 bits per heavy atom. The van der Waals surface area contributed by atoms with Crippen LogP contribution in [0.15, 0.2) is 0 Å². The summed E-state index contributed by atoms with van der Waals surface area (Å²) >= 11 is 0. The molecule has 1 spiro atoms. The summed E-state index contributed by atoms with van der Waals surface area (Å²) in [7, 11) is 0.798. The maximum atomic E-state index is 5.42. The fraction of sp³-hybridized carbons (Fsp3) is 1.00. The molecule has 2 aliphatic heterocycles. The summed E-state index contributed by atoms with van der Waals surface area (Å²) in [6.07, 6.45) is 0. The summed E-state index contributed by atoms with van der Waals surface area (Å²) in [6, 6.07) is 0. The predicted octanol–water partition coefficient (Wildman–Crippen LogP) is 1.81. The molecule has 2 saturated heterocycles. The smallest absolute Gasteiger partial charge is 0.316 e. The van der Waals surface area contributed by atoms with Crippen LogP contribution in [0.1, 0.15) is 0 Å². The quantitative estimate of drug-likeness (QED) is 0.702. The second-order valence-corrected chi connectivity index (χ2v) is 6.06. The first kappa shape index (κ1) is 12.1. The van der Waals surface area contributed by atoms with Gasteiger partial charge < -0.3 is 27.1 Å². The van der Waals surface area contributed by atoms with Crippen molar-refractivity contribution in [1.82, 2.24) is 0 Å². The average Bonchev–Trinajstić information content (AvgIpc) is 2.31. The Hall–Kier alpha value is 0.620. The molecule has 0 aromatic carbocycles. The van der Waals surface area contributed by atoms with Gasteiger partial charge in [0.15, 0.2) is 0 Å². The SMILES string of the molecule is COP1OCC2(CO1)COP(OC)OC2. The highest BCUT2D eigenvalue weighted by Crippen LogP contribution is 2.52. The lowest BCUT2D eigenvalue weighted by Gasteiger charge is -2.41. The van der Waals surface area contributed by atoms with Crippen molar-refractivity contribution < 1.29 is 27.1 Å². The monoisotopic (exact) mass is 256 g/mol. The Morgan fingerprint density at radius 1 is 0.800 bits per heavy atom. The van der Waals surface area contributed by atoms with Crippen molar-refractivity contribution in [2.75, 3.05) is 40.6 Å². The molecule has 0 atom stereocenters. The zero-order chi connectivity index (χ0) is 10.7. The first-order chi connectivity index (χ1) is 7.28. The Balaban J connectivity index is 1.83. The van der Waals surface area contributed by atoms with Gasteiger partial charge in [-0.2, -0.15) is 0 Å². The van der Waals surface area contributed by atoms with E-state index < -0.39 is 17.2 Å². The molecule has 2 heterocycles. The molecular weight excluding hydrogens is 242 g/mol. The summed E-state index contributed by atoms with van der Waals surface area (Å²) < 4.78 is 31.6. The van der Waals surface area contributed by atoms with E-state index >= 15 is 0 Å². The number of hydrogen-bond donors (Lipinski definition) is 0. The van der Waals surface area contributed by atoms with Crippen LogP contribution in [0.25, 0.3) is 0 Å². The van der Waals surface area contributed by atoms with Crippen LogP contribution in [0.3, 0.4) is 0 Å². The Bertz CT molecular complexity index is 174. The second kappa shape index (κ2) is 5.30. The second-order valence-electron chi connectivity index (χ2n) is 3.41. The predicted molar refractivity (Wildman–Crippen MR) is 54.1 cm³/mol. The molecule has 2 fully saturated rings. The first-order valence-corrected chi connectivity index (χ1v) is 6.67. The van der Waals surface area contributed by atoms with E-state index in [-0.39, 0.29) is 5.41 Å². The summed E-state index contributed by atoms with van der Waals surface area (Å²) in [5.41, 5.74) is -0.200. The normalized spacial score (nSPS) is 42.0. The minimum atomic E-state index is -1.17. The van der Waals surface area contributed by atoms with Crippen molar-refractivity contribution in [2.24, 2.45) is 5.41 Å². The van der Waals surface area contributed by atoms with E-state index in [0.29, 0.717) is 26.4 Å². The number of hydrogen-bond acceptors (Lipinski definition) is 6. The molecule has 88 valence electrons. The summed E-state index contributed by atoms with van der Waals surface area (Å²) in [6.45, 7) is 2.16. The van der Waals surface area contributed by atoms with Gasteiger partial charge in [-0.1, -0.05) is 0 Å². The highest BCUT2D eigenvalue weighted by molar-refractivity contribution is 7.42. The molecule has 0 aromatic rings. The van der Waals surface area contributed by atoms with Crippen LogP contribution in [0.5, 0.6) is 0 Å². The lowest BCUT2D eigenvalue weighted by atomic mass is 9.93. The summed E-state index contributed by atoms with van der Waals surface area (Å²) in [5, 5.41) is 0. The molecule has 0 N–H and O–H groups in total. The molecule has 6 nitrogen and oxygen atoms in total. The van der Waals surface area contributed by atoms with Gasteiger partial charge >= 0.3 is 17.2 Å². The molecule has 0 unspecified atom stereocenters. The van der Waals surface area contributed by atoms with E-state index in [1.165, 1.54) is 0 Å². The van der Waals surface area contributed by atoms with Gasteiger partial charge in [0.1, 0.15) is 0 Å². The van der Waals surface area contributed by atoms with E-state index in [4.69, 9.17) is 27.1 Å². The summed E-state index contributed by atoms with van der Waals surface area (Å²) in [4.78, 5) is 0. The zero-order valence-electron chi connectivity index (χ0n) is 8.67. The van der Waals surface area contributed by atoms with Crippen LogP contribution in [-0.2, 0) is 27.1 Å². The van der Waals surface area contributed by atoms with Gasteiger partial charge in [0.05, 0.1) is 31.8 Å². The van der Waals surface area contributed by atoms with Crippen molar-refractivity contribution in [3.63, 3.8) is 0 Å². The molecule has 2 aliphatic rings. The zero-order valence-corrected chi connectivity index (χ0v) is 10.5. The van der Waals surface area contributed by atoms with Gasteiger partial charge in [0, 0.05) is 14.2 Å². The lowest BCUT2D eigenvalue weighted by molar-refractivity contribution is -0.0729. The molecule has 0 amide bonds. The Labute approximate surface area is 91.1 Å². The van der Waals surface area contributed by atoms with Crippen LogP contribution in [0, 0.1) is 5.41 Å². The van der Waals surface area contributed by atoms with E-state index in [9.17, 15) is 0 Å². The van der Waals surface area contributed by atoms with Crippen LogP contribution >= 0.6 is 17.2 Å². The standard InChI is InChI=1S/C7H14O6P2/c1-8-14-10-3-7(4-11-14)5-12-15(9-2)13-6-7/h3-6H2,1-2H3. The van der Waals surface area contributed by atoms with Crippen LogP contribution in [0.4, 0.5) is 0 Å². The van der Waals surface area contributed by atoms with Crippen LogP contribution < -0.4 is 0 Å². The van der Waals surface area contributed by atoms with E-state index in [1.54, 1.807) is 14.2 Å². The third kappa shape index (κ3) is 2.84. The maximum Gasteiger partial charge on any atom is 0.332 e. The minimum Gasteiger partial charge on any atom is -0.316 e. The molecule has 2 rings (SSSR count). The van der Waals surface area contributed by atoms with Crippen molar-refractivity contribution >= 4 is 17.2 Å². The molecule has 0 radical (unpaired) electrons. The molecule has 8 heteroatoms. The van der Waals surface area contributed by atoms with Gasteiger partial charge in [-0.15, -0.1) is 0 Å². The third-order valence-corrected chi connectivity index (χ3v) is 4.16. The molecular formula is C7H14O6P2. The van der Waals surface area contributed by atoms with Gasteiger partial charge in [-0.3, -0.25) is 0 Å². The third-order valence-electron chi connectivity index (χ3n) is 2.20. The summed E-state index contributed by atoms with van der Waals surface area (Å²) in [5.74, 6) is 0. The maximum absolute atomic E-state index is 5.42. The van der Waals surface area contributed by atoms with Gasteiger partial charge in [-0.05, 0) is 0 Å². The topological polar surface area (TPSA) is 55.4 Å². The molecule has 0 aliphatic carbocycles. The Morgan fingerprint density at radius 3 is 1.40 bits per heavy atom. The van der Waals surface area contributed by atoms with Crippen molar-refractivity contribution in [2.45, 2.75) is 0 Å². The van der Waals surface area contributed by atoms with E-state index in [2.05, 4.69) is 0 Å². The fourth-order valence-corrected chi connectivity index (χ4v) is 3.38. The fourth-order valence-electron chi connectivity index (χ4n) is 1.29. The first-order valence-electron chi connectivity index (χ1n) is 4.48. The van der Waals surface area contributed by atoms with Gasteiger partial charge in [0.2, 0.25) is 0 Å². The van der Waals surface area contributed by atoms with Crippen molar-refractivity contribution in [3.05, 3.63) is 0 Å². The Kier molecular flexibility index (Phi) is 4.27. The average molecular weight is 256 g/mol. The lowest BCUT2D eigenvalue weighted by Crippen LogP contribution is -2.44. The van der Waals surface area contributed by atoms with Crippen molar-refractivity contribution in [1.29, 1.82) is 0 Å². The van der Waals surface area contributed by atoms with Gasteiger partial charge in [-0.25, -0.2) is 0 Å². The molecule has 0 bridgehead atoms. The molecule has 15 heavy (non-hydrogen) atoms. The highest BCUT2D eigenvalue weighted by atomic mass is 31.2. The number of rotatable bonds is 2.